The molecule has 0 amide bonds. The lowest BCUT2D eigenvalue weighted by atomic mass is 10.3. The molecule has 1 aromatic rings. The van der Waals surface area contributed by atoms with Crippen LogP contribution in [0.5, 0.6) is 0 Å². The molecular formula is C9H12FN3O4S. The van der Waals surface area contributed by atoms with E-state index in [2.05, 4.69) is 4.72 Å². The summed E-state index contributed by atoms with van der Waals surface area (Å²) in [7, 11) is -4.17. The minimum Gasteiger partial charge on any atom is -0.329 e. The molecule has 1 unspecified atom stereocenters. The van der Waals surface area contributed by atoms with Gasteiger partial charge in [-0.3, -0.25) is 10.1 Å². The van der Waals surface area contributed by atoms with Crippen LogP contribution in [-0.4, -0.2) is 25.9 Å². The van der Waals surface area contributed by atoms with Crippen LogP contribution in [-0.2, 0) is 10.0 Å². The number of rotatable bonds is 5. The molecule has 0 saturated heterocycles. The number of nitro groups is 1. The Balaban J connectivity index is 3.23. The molecule has 100 valence electrons. The number of nitro benzene ring substituents is 1. The lowest BCUT2D eigenvalue weighted by molar-refractivity contribution is -0.385. The summed E-state index contributed by atoms with van der Waals surface area (Å²) in [6.45, 7) is 1.52. The van der Waals surface area contributed by atoms with E-state index < -0.39 is 37.4 Å². The summed E-state index contributed by atoms with van der Waals surface area (Å²) in [5.41, 5.74) is 4.74. The predicted octanol–water partition coefficient (Wildman–Crippen LogP) is 0.359. The first-order chi connectivity index (χ1) is 8.27. The Morgan fingerprint density at radius 3 is 2.67 bits per heavy atom. The van der Waals surface area contributed by atoms with Crippen molar-refractivity contribution in [3.8, 4) is 0 Å². The van der Waals surface area contributed by atoms with E-state index >= 15 is 0 Å². The third kappa shape index (κ3) is 3.22. The van der Waals surface area contributed by atoms with Crippen LogP contribution in [0.25, 0.3) is 0 Å². The molecule has 0 aliphatic heterocycles. The second kappa shape index (κ2) is 5.38. The Bertz CT molecular complexity index is 561. The zero-order valence-corrected chi connectivity index (χ0v) is 10.3. The van der Waals surface area contributed by atoms with E-state index in [9.17, 15) is 22.9 Å². The van der Waals surface area contributed by atoms with Crippen molar-refractivity contribution < 1.29 is 17.7 Å². The smallest absolute Gasteiger partial charge is 0.270 e. The fraction of sp³-hybridized carbons (Fsp3) is 0.333. The van der Waals surface area contributed by atoms with Gasteiger partial charge in [0.15, 0.2) is 0 Å². The van der Waals surface area contributed by atoms with Gasteiger partial charge < -0.3 is 5.73 Å². The van der Waals surface area contributed by atoms with Crippen molar-refractivity contribution in [2.75, 3.05) is 6.54 Å². The number of non-ortho nitro benzene ring substituents is 1. The van der Waals surface area contributed by atoms with Crippen LogP contribution in [0, 0.1) is 15.9 Å². The largest absolute Gasteiger partial charge is 0.329 e. The normalized spacial score (nSPS) is 13.3. The van der Waals surface area contributed by atoms with Crippen molar-refractivity contribution in [1.29, 1.82) is 0 Å². The van der Waals surface area contributed by atoms with Crippen LogP contribution in [0.15, 0.2) is 23.1 Å². The van der Waals surface area contributed by atoms with E-state index in [1.54, 1.807) is 0 Å². The van der Waals surface area contributed by atoms with E-state index in [1.807, 2.05) is 0 Å². The Morgan fingerprint density at radius 1 is 1.56 bits per heavy atom. The van der Waals surface area contributed by atoms with E-state index in [4.69, 9.17) is 5.73 Å². The van der Waals surface area contributed by atoms with Crippen LogP contribution in [0.2, 0.25) is 0 Å². The van der Waals surface area contributed by atoms with Crippen LogP contribution < -0.4 is 10.5 Å². The molecule has 0 fully saturated rings. The highest BCUT2D eigenvalue weighted by Crippen LogP contribution is 2.21. The molecule has 0 spiro atoms. The first kappa shape index (κ1) is 14.5. The number of benzene rings is 1. The molecule has 0 aliphatic carbocycles. The lowest BCUT2D eigenvalue weighted by Crippen LogP contribution is -2.38. The van der Waals surface area contributed by atoms with E-state index in [-0.39, 0.29) is 6.54 Å². The van der Waals surface area contributed by atoms with Crippen molar-refractivity contribution in [3.63, 3.8) is 0 Å². The molecule has 1 aromatic carbocycles. The third-order valence-corrected chi connectivity index (χ3v) is 3.73. The number of nitrogens with two attached hydrogens (primary N) is 1. The Morgan fingerprint density at radius 2 is 2.17 bits per heavy atom. The summed E-state index contributed by atoms with van der Waals surface area (Å²) in [5, 5.41) is 10.5. The molecule has 0 aromatic heterocycles. The van der Waals surface area contributed by atoms with Gasteiger partial charge in [0.25, 0.3) is 5.69 Å². The van der Waals surface area contributed by atoms with Gasteiger partial charge in [-0.25, -0.2) is 17.5 Å². The number of hydrogen-bond donors (Lipinski definition) is 2. The molecule has 9 heteroatoms. The highest BCUT2D eigenvalue weighted by molar-refractivity contribution is 7.89. The van der Waals surface area contributed by atoms with Crippen molar-refractivity contribution >= 4 is 15.7 Å². The Labute approximate surface area is 103 Å². The van der Waals surface area contributed by atoms with Crippen LogP contribution >= 0.6 is 0 Å². The van der Waals surface area contributed by atoms with Crippen LogP contribution in [0.4, 0.5) is 10.1 Å². The monoisotopic (exact) mass is 277 g/mol. The molecule has 0 heterocycles. The topological polar surface area (TPSA) is 115 Å². The summed E-state index contributed by atoms with van der Waals surface area (Å²) in [6, 6.07) is 1.69. The summed E-state index contributed by atoms with van der Waals surface area (Å²) in [6.07, 6.45) is 0. The molecule has 0 saturated carbocycles. The fourth-order valence-electron chi connectivity index (χ4n) is 1.19. The minimum atomic E-state index is -4.17. The van der Waals surface area contributed by atoms with Gasteiger partial charge in [-0.1, -0.05) is 0 Å². The van der Waals surface area contributed by atoms with Gasteiger partial charge in [0.05, 0.1) is 4.92 Å². The maximum Gasteiger partial charge on any atom is 0.270 e. The standard InChI is InChI=1S/C9H12FN3O4S/c1-6(5-11)12-18(16,17)9-4-7(13(14)15)2-3-8(9)10/h2-4,6,12H,5,11H2,1H3. The van der Waals surface area contributed by atoms with Crippen LogP contribution in [0.3, 0.4) is 0 Å². The minimum absolute atomic E-state index is 0.0236. The van der Waals surface area contributed by atoms with Gasteiger partial charge >= 0.3 is 0 Å². The number of halogens is 1. The van der Waals surface area contributed by atoms with Gasteiger partial charge in [-0.05, 0) is 13.0 Å². The van der Waals surface area contributed by atoms with Gasteiger partial charge in [-0.15, -0.1) is 0 Å². The maximum absolute atomic E-state index is 13.4. The maximum atomic E-state index is 13.4. The van der Waals surface area contributed by atoms with Gasteiger partial charge in [-0.2, -0.15) is 0 Å². The van der Waals surface area contributed by atoms with Crippen molar-refractivity contribution in [3.05, 3.63) is 34.1 Å². The second-order valence-electron chi connectivity index (χ2n) is 3.63. The SMILES string of the molecule is CC(CN)NS(=O)(=O)c1cc([N+](=O)[O-])ccc1F. The molecule has 3 N–H and O–H groups in total. The van der Waals surface area contributed by atoms with Gasteiger partial charge in [0.2, 0.25) is 10.0 Å². The average Bonchev–Trinajstić information content (AvgIpc) is 2.28. The number of sulfonamides is 1. The molecule has 0 bridgehead atoms. The third-order valence-electron chi connectivity index (χ3n) is 2.13. The summed E-state index contributed by atoms with van der Waals surface area (Å²) < 4.78 is 39.1. The van der Waals surface area contributed by atoms with Crippen LogP contribution in [0.1, 0.15) is 6.92 Å². The summed E-state index contributed by atoms with van der Waals surface area (Å²) >= 11 is 0. The fourth-order valence-corrected chi connectivity index (χ4v) is 2.54. The molecule has 18 heavy (non-hydrogen) atoms. The lowest BCUT2D eigenvalue weighted by Gasteiger charge is -2.12. The first-order valence-electron chi connectivity index (χ1n) is 4.94. The number of nitrogens with one attached hydrogen (secondary N) is 1. The average molecular weight is 277 g/mol. The van der Waals surface area contributed by atoms with Crippen molar-refractivity contribution in [2.45, 2.75) is 17.9 Å². The van der Waals surface area contributed by atoms with E-state index in [1.165, 1.54) is 6.92 Å². The summed E-state index contributed by atoms with van der Waals surface area (Å²) in [5.74, 6) is -1.06. The molecule has 7 nitrogen and oxygen atoms in total. The predicted molar refractivity (Wildman–Crippen MR) is 61.9 cm³/mol. The highest BCUT2D eigenvalue weighted by atomic mass is 32.2. The number of hydrogen-bond acceptors (Lipinski definition) is 5. The quantitative estimate of drug-likeness (QED) is 0.595. The Hall–Kier alpha value is -1.58. The molecule has 1 rings (SSSR count). The molecule has 0 radical (unpaired) electrons. The van der Waals surface area contributed by atoms with E-state index in [0.29, 0.717) is 6.07 Å². The molecular weight excluding hydrogens is 265 g/mol. The van der Waals surface area contributed by atoms with Crippen molar-refractivity contribution in [2.24, 2.45) is 5.73 Å². The summed E-state index contributed by atoms with van der Waals surface area (Å²) in [4.78, 5) is 8.95. The van der Waals surface area contributed by atoms with Crippen molar-refractivity contribution in [1.82, 2.24) is 4.72 Å². The van der Waals surface area contributed by atoms with E-state index in [0.717, 1.165) is 12.1 Å². The highest BCUT2D eigenvalue weighted by Gasteiger charge is 2.23. The molecule has 0 aliphatic rings. The second-order valence-corrected chi connectivity index (χ2v) is 5.31. The molecule has 1 atom stereocenters. The van der Waals surface area contributed by atoms with Gasteiger partial charge in [0, 0.05) is 24.7 Å². The van der Waals surface area contributed by atoms with Gasteiger partial charge in [0.1, 0.15) is 10.7 Å². The Kier molecular flexibility index (Phi) is 4.33. The number of nitrogens with zero attached hydrogens (tertiary/aromatic N) is 1. The zero-order chi connectivity index (χ0) is 13.9. The zero-order valence-electron chi connectivity index (χ0n) is 9.46. The first-order valence-corrected chi connectivity index (χ1v) is 6.42.